The van der Waals surface area contributed by atoms with Crippen LogP contribution >= 0.6 is 0 Å². The molecule has 1 aromatic carbocycles. The summed E-state index contributed by atoms with van der Waals surface area (Å²) in [5.41, 5.74) is 1.32. The third-order valence-electron chi connectivity index (χ3n) is 4.77. The highest BCUT2D eigenvalue weighted by Crippen LogP contribution is 2.44. The molecule has 0 bridgehead atoms. The van der Waals surface area contributed by atoms with Gasteiger partial charge in [0.1, 0.15) is 0 Å². The van der Waals surface area contributed by atoms with Crippen LogP contribution in [0.2, 0.25) is 0 Å². The van der Waals surface area contributed by atoms with Crippen LogP contribution in [0.25, 0.3) is 0 Å². The number of hydrogen-bond donors (Lipinski definition) is 0. The van der Waals surface area contributed by atoms with Gasteiger partial charge in [0.25, 0.3) is 0 Å². The van der Waals surface area contributed by atoms with Crippen LogP contribution in [0.15, 0.2) is 30.3 Å². The molecule has 1 aliphatic carbocycles. The molecule has 114 valence electrons. The SMILES string of the molecule is CC1COCC(C)N1C(=O)CC(c1ccccc1)C1CC1. The van der Waals surface area contributed by atoms with Gasteiger partial charge in [0.2, 0.25) is 5.91 Å². The van der Waals surface area contributed by atoms with Gasteiger partial charge < -0.3 is 9.64 Å². The van der Waals surface area contributed by atoms with E-state index in [1.807, 2.05) is 11.0 Å². The normalized spacial score (nSPS) is 27.4. The highest BCUT2D eigenvalue weighted by molar-refractivity contribution is 5.78. The molecule has 1 aromatic rings. The number of morpholine rings is 1. The van der Waals surface area contributed by atoms with Crippen LogP contribution in [-0.2, 0) is 9.53 Å². The molecule has 0 aromatic heterocycles. The Morgan fingerprint density at radius 3 is 2.38 bits per heavy atom. The summed E-state index contributed by atoms with van der Waals surface area (Å²) in [7, 11) is 0. The van der Waals surface area contributed by atoms with E-state index >= 15 is 0 Å². The largest absolute Gasteiger partial charge is 0.377 e. The minimum absolute atomic E-state index is 0.192. The smallest absolute Gasteiger partial charge is 0.223 e. The standard InChI is InChI=1S/C18H25NO2/c1-13-11-21-12-14(2)19(13)18(20)10-17(16-8-9-16)15-6-4-3-5-7-15/h3-7,13-14,16-17H,8-12H2,1-2H3. The van der Waals surface area contributed by atoms with Crippen LogP contribution in [0.3, 0.4) is 0 Å². The molecule has 2 fully saturated rings. The highest BCUT2D eigenvalue weighted by Gasteiger charge is 2.37. The van der Waals surface area contributed by atoms with Gasteiger partial charge in [0.05, 0.1) is 25.3 Å². The number of carbonyl (C=O) groups excluding carboxylic acids is 1. The Labute approximate surface area is 127 Å². The van der Waals surface area contributed by atoms with Gasteiger partial charge in [-0.3, -0.25) is 4.79 Å². The Bertz CT molecular complexity index is 473. The van der Waals surface area contributed by atoms with E-state index in [0.717, 1.165) is 0 Å². The van der Waals surface area contributed by atoms with Crippen LogP contribution in [0, 0.1) is 5.92 Å². The number of carbonyl (C=O) groups is 1. The summed E-state index contributed by atoms with van der Waals surface area (Å²) in [5, 5.41) is 0. The first-order chi connectivity index (χ1) is 10.2. The lowest BCUT2D eigenvalue weighted by molar-refractivity contribution is -0.144. The lowest BCUT2D eigenvalue weighted by Gasteiger charge is -2.39. The van der Waals surface area contributed by atoms with Crippen LogP contribution < -0.4 is 0 Å². The summed E-state index contributed by atoms with van der Waals surface area (Å²) in [6.07, 6.45) is 3.17. The molecule has 0 N–H and O–H groups in total. The summed E-state index contributed by atoms with van der Waals surface area (Å²) in [5.74, 6) is 1.38. The van der Waals surface area contributed by atoms with Gasteiger partial charge in [0, 0.05) is 6.42 Å². The van der Waals surface area contributed by atoms with Crippen molar-refractivity contribution in [3.63, 3.8) is 0 Å². The number of hydrogen-bond acceptors (Lipinski definition) is 2. The Balaban J connectivity index is 1.72. The molecule has 21 heavy (non-hydrogen) atoms. The third-order valence-corrected chi connectivity index (χ3v) is 4.77. The van der Waals surface area contributed by atoms with Gasteiger partial charge in [-0.2, -0.15) is 0 Å². The van der Waals surface area contributed by atoms with E-state index in [1.165, 1.54) is 18.4 Å². The van der Waals surface area contributed by atoms with Gasteiger partial charge in [-0.15, -0.1) is 0 Å². The van der Waals surface area contributed by atoms with E-state index in [2.05, 4.69) is 38.1 Å². The van der Waals surface area contributed by atoms with E-state index in [9.17, 15) is 4.79 Å². The lowest BCUT2D eigenvalue weighted by Crippen LogP contribution is -2.52. The van der Waals surface area contributed by atoms with E-state index in [0.29, 0.717) is 37.4 Å². The molecule has 3 unspecified atom stereocenters. The summed E-state index contributed by atoms with van der Waals surface area (Å²) in [4.78, 5) is 14.8. The summed E-state index contributed by atoms with van der Waals surface area (Å²) < 4.78 is 5.53. The van der Waals surface area contributed by atoms with Gasteiger partial charge in [0.15, 0.2) is 0 Å². The van der Waals surface area contributed by atoms with Crippen molar-refractivity contribution in [3.05, 3.63) is 35.9 Å². The molecule has 1 amide bonds. The molecular formula is C18H25NO2. The summed E-state index contributed by atoms with van der Waals surface area (Å²) >= 11 is 0. The fraction of sp³-hybridized carbons (Fsp3) is 0.611. The van der Waals surface area contributed by atoms with Crippen molar-refractivity contribution < 1.29 is 9.53 Å². The van der Waals surface area contributed by atoms with Gasteiger partial charge >= 0.3 is 0 Å². The first-order valence-corrected chi connectivity index (χ1v) is 8.10. The lowest BCUT2D eigenvalue weighted by atomic mass is 9.90. The predicted molar refractivity (Wildman–Crippen MR) is 83.1 cm³/mol. The number of benzene rings is 1. The predicted octanol–water partition coefficient (Wildman–Crippen LogP) is 3.21. The molecule has 1 saturated carbocycles. The van der Waals surface area contributed by atoms with Crippen LogP contribution in [0.5, 0.6) is 0 Å². The van der Waals surface area contributed by atoms with Crippen LogP contribution in [-0.4, -0.2) is 36.1 Å². The maximum absolute atomic E-state index is 12.8. The maximum atomic E-state index is 12.8. The number of amides is 1. The van der Waals surface area contributed by atoms with Gasteiger partial charge in [-0.05, 0) is 44.1 Å². The zero-order valence-corrected chi connectivity index (χ0v) is 13.0. The quantitative estimate of drug-likeness (QED) is 0.851. The molecule has 0 radical (unpaired) electrons. The van der Waals surface area contributed by atoms with Crippen molar-refractivity contribution >= 4 is 5.91 Å². The van der Waals surface area contributed by atoms with Gasteiger partial charge in [-0.25, -0.2) is 0 Å². The van der Waals surface area contributed by atoms with Crippen molar-refractivity contribution in [2.24, 2.45) is 5.92 Å². The van der Waals surface area contributed by atoms with Crippen LogP contribution in [0.4, 0.5) is 0 Å². The van der Waals surface area contributed by atoms with Crippen molar-refractivity contribution in [2.45, 2.75) is 51.1 Å². The molecule has 1 heterocycles. The Morgan fingerprint density at radius 2 is 1.81 bits per heavy atom. The highest BCUT2D eigenvalue weighted by atomic mass is 16.5. The fourth-order valence-electron chi connectivity index (χ4n) is 3.54. The zero-order valence-electron chi connectivity index (χ0n) is 13.0. The molecule has 1 saturated heterocycles. The topological polar surface area (TPSA) is 29.5 Å². The third kappa shape index (κ3) is 3.29. The average molecular weight is 287 g/mol. The molecule has 0 spiro atoms. The van der Waals surface area contributed by atoms with E-state index in [-0.39, 0.29) is 12.1 Å². The molecule has 3 nitrogen and oxygen atoms in total. The van der Waals surface area contributed by atoms with E-state index < -0.39 is 0 Å². The van der Waals surface area contributed by atoms with Crippen molar-refractivity contribution in [1.29, 1.82) is 0 Å². The molecule has 3 rings (SSSR count). The Hall–Kier alpha value is -1.35. The van der Waals surface area contributed by atoms with Crippen molar-refractivity contribution in [1.82, 2.24) is 4.90 Å². The van der Waals surface area contributed by atoms with Crippen molar-refractivity contribution in [3.8, 4) is 0 Å². The Morgan fingerprint density at radius 1 is 1.19 bits per heavy atom. The molecular weight excluding hydrogens is 262 g/mol. The summed E-state index contributed by atoms with van der Waals surface area (Å²) in [6, 6.07) is 10.9. The molecule has 3 heteroatoms. The average Bonchev–Trinajstić information content (AvgIpc) is 3.30. The number of nitrogens with zero attached hydrogens (tertiary/aromatic N) is 1. The van der Waals surface area contributed by atoms with Gasteiger partial charge in [-0.1, -0.05) is 30.3 Å². The fourth-order valence-corrected chi connectivity index (χ4v) is 3.54. The second-order valence-corrected chi connectivity index (χ2v) is 6.60. The minimum atomic E-state index is 0.192. The first-order valence-electron chi connectivity index (χ1n) is 8.10. The molecule has 2 aliphatic rings. The van der Waals surface area contributed by atoms with E-state index in [1.54, 1.807) is 0 Å². The second-order valence-electron chi connectivity index (χ2n) is 6.60. The van der Waals surface area contributed by atoms with E-state index in [4.69, 9.17) is 4.74 Å². The van der Waals surface area contributed by atoms with Crippen molar-refractivity contribution in [2.75, 3.05) is 13.2 Å². The maximum Gasteiger partial charge on any atom is 0.223 e. The number of ether oxygens (including phenoxy) is 1. The minimum Gasteiger partial charge on any atom is -0.377 e. The molecule has 1 aliphatic heterocycles. The summed E-state index contributed by atoms with van der Waals surface area (Å²) in [6.45, 7) is 5.50. The Kier molecular flexibility index (Phi) is 4.29. The monoisotopic (exact) mass is 287 g/mol. The molecule has 3 atom stereocenters. The van der Waals surface area contributed by atoms with Crippen LogP contribution in [0.1, 0.15) is 44.6 Å². The second kappa shape index (κ2) is 6.18. The first kappa shape index (κ1) is 14.6. The number of rotatable bonds is 4. The zero-order chi connectivity index (χ0) is 14.8.